The zero-order valence-corrected chi connectivity index (χ0v) is 17.3. The van der Waals surface area contributed by atoms with Gasteiger partial charge in [0, 0.05) is 18.6 Å². The van der Waals surface area contributed by atoms with Crippen LogP contribution in [0, 0.1) is 0 Å². The number of ether oxygens (including phenoxy) is 1. The molecule has 3 N–H and O–H groups in total. The van der Waals surface area contributed by atoms with Crippen molar-refractivity contribution in [3.05, 3.63) is 42.2 Å². The first kappa shape index (κ1) is 19.3. The van der Waals surface area contributed by atoms with E-state index < -0.39 is 0 Å². The minimum Gasteiger partial charge on any atom is -0.460 e. The number of fused-ring (bicyclic) bond motifs is 1. The van der Waals surface area contributed by atoms with Gasteiger partial charge in [-0.15, -0.1) is 0 Å². The van der Waals surface area contributed by atoms with Gasteiger partial charge in [0.05, 0.1) is 6.33 Å². The van der Waals surface area contributed by atoms with Crippen LogP contribution in [0.25, 0.3) is 11.2 Å². The molecule has 0 spiro atoms. The average molecular weight is 407 g/mol. The number of aromatic nitrogens is 4. The first-order chi connectivity index (χ1) is 14.8. The molecular formula is C23H30N6O. The summed E-state index contributed by atoms with van der Waals surface area (Å²) in [5, 5.41) is 3.47. The normalized spacial score (nSPS) is 22.4. The highest BCUT2D eigenvalue weighted by Gasteiger charge is 2.24. The van der Waals surface area contributed by atoms with Crippen LogP contribution >= 0.6 is 0 Å². The third-order valence-electron chi connectivity index (χ3n) is 6.41. The fraction of sp³-hybridized carbons (Fsp3) is 0.522. The van der Waals surface area contributed by atoms with E-state index in [0.717, 1.165) is 42.7 Å². The van der Waals surface area contributed by atoms with E-state index in [4.69, 9.17) is 20.4 Å². The van der Waals surface area contributed by atoms with Crippen molar-refractivity contribution in [3.63, 3.8) is 0 Å². The zero-order chi connectivity index (χ0) is 20.3. The summed E-state index contributed by atoms with van der Waals surface area (Å²) in [7, 11) is 0. The largest absolute Gasteiger partial charge is 0.460 e. The molecule has 2 aliphatic carbocycles. The Morgan fingerprint density at radius 2 is 1.77 bits per heavy atom. The molecule has 5 rings (SSSR count). The molecule has 2 aliphatic rings. The molecule has 0 atom stereocenters. The lowest BCUT2D eigenvalue weighted by atomic mass is 9.94. The van der Waals surface area contributed by atoms with E-state index in [2.05, 4.69) is 27.0 Å². The minimum atomic E-state index is 0.132. The van der Waals surface area contributed by atoms with Crippen molar-refractivity contribution in [2.24, 2.45) is 5.73 Å². The van der Waals surface area contributed by atoms with Crippen LogP contribution in [-0.2, 0) is 6.54 Å². The van der Waals surface area contributed by atoms with E-state index in [1.54, 1.807) is 0 Å². The van der Waals surface area contributed by atoms with Gasteiger partial charge in [-0.2, -0.15) is 9.97 Å². The molecule has 2 saturated carbocycles. The summed E-state index contributed by atoms with van der Waals surface area (Å²) in [6.07, 6.45) is 10.8. The van der Waals surface area contributed by atoms with Crippen molar-refractivity contribution in [3.8, 4) is 6.01 Å². The molecule has 0 amide bonds. The van der Waals surface area contributed by atoms with Gasteiger partial charge in [-0.05, 0) is 44.1 Å². The molecule has 0 radical (unpaired) electrons. The molecule has 3 aromatic rings. The van der Waals surface area contributed by atoms with Gasteiger partial charge in [0.15, 0.2) is 17.0 Å². The van der Waals surface area contributed by atoms with Crippen molar-refractivity contribution in [2.75, 3.05) is 5.32 Å². The third kappa shape index (κ3) is 4.12. The van der Waals surface area contributed by atoms with Crippen molar-refractivity contribution in [1.29, 1.82) is 0 Å². The molecule has 158 valence electrons. The van der Waals surface area contributed by atoms with E-state index in [1.165, 1.54) is 31.2 Å². The number of nitrogens with two attached hydrogens (primary N) is 1. The number of hydrogen-bond acceptors (Lipinski definition) is 6. The maximum absolute atomic E-state index is 6.23. The lowest BCUT2D eigenvalue weighted by Gasteiger charge is -2.26. The Morgan fingerprint density at radius 3 is 2.53 bits per heavy atom. The van der Waals surface area contributed by atoms with Crippen LogP contribution in [0.15, 0.2) is 36.7 Å². The topological polar surface area (TPSA) is 90.9 Å². The van der Waals surface area contributed by atoms with Crippen LogP contribution < -0.4 is 15.8 Å². The number of rotatable bonds is 6. The maximum atomic E-state index is 6.23. The average Bonchev–Trinajstić information content (AvgIpc) is 3.44. The van der Waals surface area contributed by atoms with Gasteiger partial charge >= 0.3 is 6.01 Å². The van der Waals surface area contributed by atoms with E-state index in [-0.39, 0.29) is 6.10 Å². The van der Waals surface area contributed by atoms with Gasteiger partial charge < -0.3 is 20.4 Å². The monoisotopic (exact) mass is 406 g/mol. The summed E-state index contributed by atoms with van der Waals surface area (Å²) in [6, 6.07) is 11.5. The predicted octanol–water partition coefficient (Wildman–Crippen LogP) is 4.20. The second kappa shape index (κ2) is 8.60. The Kier molecular flexibility index (Phi) is 5.53. The Bertz CT molecular complexity index is 974. The van der Waals surface area contributed by atoms with Crippen molar-refractivity contribution < 1.29 is 4.74 Å². The van der Waals surface area contributed by atoms with Gasteiger partial charge in [0.2, 0.25) is 0 Å². The molecule has 1 aromatic carbocycles. The summed E-state index contributed by atoms with van der Waals surface area (Å²) >= 11 is 0. The molecule has 2 heterocycles. The summed E-state index contributed by atoms with van der Waals surface area (Å²) in [4.78, 5) is 14.2. The van der Waals surface area contributed by atoms with Gasteiger partial charge in [-0.1, -0.05) is 43.2 Å². The number of anilines is 1. The Hall–Kier alpha value is -2.67. The lowest BCUT2D eigenvalue weighted by Crippen LogP contribution is -2.32. The highest BCUT2D eigenvalue weighted by Crippen LogP contribution is 2.33. The van der Waals surface area contributed by atoms with Crippen molar-refractivity contribution in [1.82, 2.24) is 19.5 Å². The smallest absolute Gasteiger partial charge is 0.320 e. The first-order valence-corrected chi connectivity index (χ1v) is 11.2. The molecule has 0 aliphatic heterocycles. The highest BCUT2D eigenvalue weighted by molar-refractivity contribution is 5.83. The van der Waals surface area contributed by atoms with Gasteiger partial charge in [0.1, 0.15) is 6.10 Å². The minimum absolute atomic E-state index is 0.132. The molecule has 0 unspecified atom stereocenters. The maximum Gasteiger partial charge on any atom is 0.320 e. The molecule has 0 saturated heterocycles. The molecular weight excluding hydrogens is 376 g/mol. The number of imidazole rings is 1. The summed E-state index contributed by atoms with van der Waals surface area (Å²) in [6.45, 7) is 0.682. The molecule has 7 heteroatoms. The SMILES string of the molecule is N[C@H]1CC[C@H](Oc2nc(NCc3ccccc3)c3ncn(C4CCCC4)c3n2)CC1. The standard InChI is InChI=1S/C23H30N6O/c24-17-10-12-19(13-11-17)30-23-27-21(25-14-16-6-2-1-3-7-16)20-22(28-23)29(15-26-20)18-8-4-5-9-18/h1-3,6-7,15,17-19H,4-5,8-14,24H2,(H,25,27,28)/t17-,19-. The molecule has 7 nitrogen and oxygen atoms in total. The number of benzene rings is 1. The summed E-state index contributed by atoms with van der Waals surface area (Å²) in [5.74, 6) is 0.739. The van der Waals surface area contributed by atoms with E-state index in [1.807, 2.05) is 24.5 Å². The molecule has 0 bridgehead atoms. The Balaban J connectivity index is 1.45. The Labute approximate surface area is 177 Å². The van der Waals surface area contributed by atoms with E-state index >= 15 is 0 Å². The fourth-order valence-corrected chi connectivity index (χ4v) is 4.66. The number of hydrogen-bond donors (Lipinski definition) is 2. The van der Waals surface area contributed by atoms with E-state index in [0.29, 0.717) is 24.6 Å². The first-order valence-electron chi connectivity index (χ1n) is 11.2. The summed E-state index contributed by atoms with van der Waals surface area (Å²) < 4.78 is 8.46. The molecule has 30 heavy (non-hydrogen) atoms. The fourth-order valence-electron chi connectivity index (χ4n) is 4.66. The van der Waals surface area contributed by atoms with Crippen LogP contribution in [0.3, 0.4) is 0 Å². The molecule has 2 fully saturated rings. The highest BCUT2D eigenvalue weighted by atomic mass is 16.5. The van der Waals surface area contributed by atoms with E-state index in [9.17, 15) is 0 Å². The van der Waals surface area contributed by atoms with Crippen LogP contribution in [0.2, 0.25) is 0 Å². The van der Waals surface area contributed by atoms with Crippen LogP contribution in [0.1, 0.15) is 63.0 Å². The van der Waals surface area contributed by atoms with Crippen molar-refractivity contribution >= 4 is 17.0 Å². The zero-order valence-electron chi connectivity index (χ0n) is 17.3. The molecule has 2 aromatic heterocycles. The number of nitrogens with zero attached hydrogens (tertiary/aromatic N) is 4. The predicted molar refractivity (Wildman–Crippen MR) is 117 cm³/mol. The summed E-state index contributed by atoms with van der Waals surface area (Å²) in [5.41, 5.74) is 8.93. The third-order valence-corrected chi connectivity index (χ3v) is 6.41. The quantitative estimate of drug-likeness (QED) is 0.637. The number of nitrogens with one attached hydrogen (secondary N) is 1. The van der Waals surface area contributed by atoms with Crippen LogP contribution in [0.5, 0.6) is 6.01 Å². The Morgan fingerprint density at radius 1 is 1.00 bits per heavy atom. The van der Waals surface area contributed by atoms with Crippen LogP contribution in [0.4, 0.5) is 5.82 Å². The van der Waals surface area contributed by atoms with Crippen LogP contribution in [-0.4, -0.2) is 31.7 Å². The van der Waals surface area contributed by atoms with Crippen molar-refractivity contribution in [2.45, 2.75) is 76.1 Å². The van der Waals surface area contributed by atoms with Gasteiger partial charge in [-0.3, -0.25) is 0 Å². The van der Waals surface area contributed by atoms with Gasteiger partial charge in [0.25, 0.3) is 0 Å². The second-order valence-corrected chi connectivity index (χ2v) is 8.61. The van der Waals surface area contributed by atoms with Gasteiger partial charge in [-0.25, -0.2) is 4.98 Å². The second-order valence-electron chi connectivity index (χ2n) is 8.61. The lowest BCUT2D eigenvalue weighted by molar-refractivity contribution is 0.135.